The van der Waals surface area contributed by atoms with Crippen molar-refractivity contribution in [3.8, 4) is 17.9 Å². The van der Waals surface area contributed by atoms with Gasteiger partial charge in [0.25, 0.3) is 0 Å². The predicted octanol–water partition coefficient (Wildman–Crippen LogP) is 6.07. The van der Waals surface area contributed by atoms with Gasteiger partial charge in [-0.3, -0.25) is 4.98 Å². The van der Waals surface area contributed by atoms with E-state index in [2.05, 4.69) is 43.8 Å². The van der Waals surface area contributed by atoms with E-state index in [4.69, 9.17) is 5.84 Å². The second-order valence-electron chi connectivity index (χ2n) is 14.2. The number of fused-ring (bicyclic) bond motifs is 1. The van der Waals surface area contributed by atoms with Gasteiger partial charge >= 0.3 is 6.18 Å². The summed E-state index contributed by atoms with van der Waals surface area (Å²) in [5, 5.41) is 20.8. The van der Waals surface area contributed by atoms with Gasteiger partial charge in [-0.25, -0.2) is 19.2 Å². The van der Waals surface area contributed by atoms with Crippen LogP contribution >= 0.6 is 0 Å². The largest absolute Gasteiger partial charge is 0.413 e. The molecule has 0 aliphatic heterocycles. The molecule has 0 spiro atoms. The zero-order valence-corrected chi connectivity index (χ0v) is 30.1. The molecule has 1 aromatic carbocycles. The zero-order valence-electron chi connectivity index (χ0n) is 29.3. The van der Waals surface area contributed by atoms with Crippen LogP contribution in [0.25, 0.3) is 10.9 Å². The second kappa shape index (κ2) is 13.6. The fourth-order valence-electron chi connectivity index (χ4n) is 5.12. The number of aromatic nitrogens is 2. The second-order valence-corrected chi connectivity index (χ2v) is 16.7. The SMILES string of the molecule is CN/C(=C\N(N)C1(C(F)(F)F)CC1)[C@@H](Nc1cc(C#CC(C)(C)S(C)(=O)=O)c2ncc(C#N)c(NCC(C)(C)C)c2c1)c1ccc(F)nc1C. The Morgan fingerprint density at radius 2 is 1.82 bits per heavy atom. The lowest BCUT2D eigenvalue weighted by atomic mass is 9.96. The average Bonchev–Trinajstić information content (AvgIpc) is 3.82. The van der Waals surface area contributed by atoms with E-state index in [0.717, 1.165) is 12.3 Å². The number of nitriles is 1. The first-order valence-corrected chi connectivity index (χ1v) is 17.7. The van der Waals surface area contributed by atoms with Crippen molar-refractivity contribution < 1.29 is 26.0 Å². The van der Waals surface area contributed by atoms with Crippen LogP contribution in [0.1, 0.15) is 75.9 Å². The third-order valence-electron chi connectivity index (χ3n) is 8.65. The van der Waals surface area contributed by atoms with Crippen LogP contribution < -0.4 is 21.8 Å². The van der Waals surface area contributed by atoms with Crippen LogP contribution in [-0.2, 0) is 9.84 Å². The number of nitrogens with zero attached hydrogens (tertiary/aromatic N) is 4. The number of aryl methyl sites for hydroxylation is 1. The molecule has 0 bridgehead atoms. The maximum Gasteiger partial charge on any atom is 0.413 e. The number of hydrogen-bond acceptors (Lipinski definition) is 10. The zero-order chi connectivity index (χ0) is 37.4. The molecule has 2 heterocycles. The number of hydrogen-bond donors (Lipinski definition) is 4. The number of anilines is 2. The average molecular weight is 715 g/mol. The van der Waals surface area contributed by atoms with Crippen LogP contribution in [0.2, 0.25) is 0 Å². The molecule has 10 nitrogen and oxygen atoms in total. The van der Waals surface area contributed by atoms with Gasteiger partial charge in [0.15, 0.2) is 15.4 Å². The van der Waals surface area contributed by atoms with Crippen molar-refractivity contribution in [3.05, 3.63) is 70.7 Å². The van der Waals surface area contributed by atoms with Gasteiger partial charge in [0.2, 0.25) is 5.95 Å². The summed E-state index contributed by atoms with van der Waals surface area (Å²) in [5.74, 6) is 11.1. The first-order chi connectivity index (χ1) is 23.0. The molecule has 2 aromatic heterocycles. The van der Waals surface area contributed by atoms with Crippen LogP contribution in [0, 0.1) is 41.5 Å². The number of halogens is 4. The van der Waals surface area contributed by atoms with E-state index in [-0.39, 0.29) is 35.2 Å². The van der Waals surface area contributed by atoms with E-state index < -0.39 is 38.3 Å². The highest BCUT2D eigenvalue weighted by atomic mass is 32.2. The smallest absolute Gasteiger partial charge is 0.388 e. The van der Waals surface area contributed by atoms with Crippen LogP contribution in [-0.4, -0.2) is 59.7 Å². The van der Waals surface area contributed by atoms with Crippen LogP contribution in [0.3, 0.4) is 0 Å². The minimum absolute atomic E-state index is 0.176. The Bertz CT molecular complexity index is 2030. The maximum absolute atomic E-state index is 14.2. The van der Waals surface area contributed by atoms with Crippen molar-refractivity contribution in [1.29, 1.82) is 5.26 Å². The van der Waals surface area contributed by atoms with Crippen LogP contribution in [0.5, 0.6) is 0 Å². The molecule has 0 saturated heterocycles. The van der Waals surface area contributed by atoms with Gasteiger partial charge in [0, 0.05) is 54.6 Å². The third kappa shape index (κ3) is 8.06. The Kier molecular flexibility index (Phi) is 10.4. The number of nitrogens with one attached hydrogen (secondary N) is 3. The summed E-state index contributed by atoms with van der Waals surface area (Å²) in [6.07, 6.45) is -1.26. The van der Waals surface area contributed by atoms with E-state index in [1.54, 1.807) is 19.1 Å². The number of benzene rings is 1. The summed E-state index contributed by atoms with van der Waals surface area (Å²) in [4.78, 5) is 8.46. The Morgan fingerprint density at radius 3 is 2.34 bits per heavy atom. The molecule has 1 aliphatic rings. The highest BCUT2D eigenvalue weighted by molar-refractivity contribution is 7.92. The third-order valence-corrected chi connectivity index (χ3v) is 10.6. The number of rotatable bonds is 10. The normalized spacial score (nSPS) is 15.4. The number of likely N-dealkylation sites (N-methyl/N-ethyl adjacent to an activating group) is 1. The topological polar surface area (TPSA) is 149 Å². The highest BCUT2D eigenvalue weighted by Crippen LogP contribution is 2.52. The van der Waals surface area contributed by atoms with E-state index in [1.807, 2.05) is 20.8 Å². The maximum atomic E-state index is 14.2. The molecule has 15 heteroatoms. The molecule has 4 rings (SSSR count). The summed E-state index contributed by atoms with van der Waals surface area (Å²) >= 11 is 0. The van der Waals surface area contributed by atoms with E-state index in [1.165, 1.54) is 39.4 Å². The van der Waals surface area contributed by atoms with Crippen molar-refractivity contribution in [3.63, 3.8) is 0 Å². The fourth-order valence-corrected chi connectivity index (χ4v) is 5.36. The van der Waals surface area contributed by atoms with Gasteiger partial charge in [-0.2, -0.15) is 22.8 Å². The van der Waals surface area contributed by atoms with Crippen molar-refractivity contribution in [2.75, 3.05) is 30.5 Å². The summed E-state index contributed by atoms with van der Waals surface area (Å²) in [5.41, 5.74) is 0.302. The monoisotopic (exact) mass is 714 g/mol. The molecule has 0 radical (unpaired) electrons. The van der Waals surface area contributed by atoms with Gasteiger partial charge in [0.1, 0.15) is 10.8 Å². The number of hydrazine groups is 1. The highest BCUT2D eigenvalue weighted by Gasteiger charge is 2.66. The Morgan fingerprint density at radius 1 is 1.16 bits per heavy atom. The van der Waals surface area contributed by atoms with E-state index in [0.29, 0.717) is 45.0 Å². The Hall–Kier alpha value is -4.60. The summed E-state index contributed by atoms with van der Waals surface area (Å²) in [7, 11) is -2.08. The van der Waals surface area contributed by atoms with Crippen molar-refractivity contribution in [2.24, 2.45) is 11.3 Å². The first kappa shape index (κ1) is 38.2. The lowest BCUT2D eigenvalue weighted by Gasteiger charge is -2.31. The Balaban J connectivity index is 1.99. The number of nitrogens with two attached hydrogens (primary N) is 1. The molecular weight excluding hydrogens is 672 g/mol. The first-order valence-electron chi connectivity index (χ1n) is 15.8. The number of sulfone groups is 1. The Labute approximate surface area is 290 Å². The standard InChI is InChI=1S/C35H42F4N8O2S/c1-21-25(9-10-28(36)45-21)31(27(42-7)19-47(41)34(13-14-34)35(37,38)39)46-24-15-22(11-12-33(5,6)50(8,48)49)29-26(16-24)30(23(17-40)18-43-29)44-20-32(2,3)4/h9-10,15-16,18-19,31,42,46H,13-14,20,41H2,1-8H3,(H,43,44)/b27-19-/t31-/m0/s1. The molecule has 1 saturated carbocycles. The molecule has 268 valence electrons. The summed E-state index contributed by atoms with van der Waals surface area (Å²) < 4.78 is 79.8. The predicted molar refractivity (Wildman–Crippen MR) is 187 cm³/mol. The summed E-state index contributed by atoms with van der Waals surface area (Å²) in [6, 6.07) is 7.17. The van der Waals surface area contributed by atoms with Crippen LogP contribution in [0.4, 0.5) is 28.9 Å². The van der Waals surface area contributed by atoms with Gasteiger partial charge in [-0.1, -0.05) is 38.7 Å². The lowest BCUT2D eigenvalue weighted by molar-refractivity contribution is -0.189. The van der Waals surface area contributed by atoms with E-state index >= 15 is 0 Å². The molecule has 0 amide bonds. The molecule has 0 unspecified atom stereocenters. The van der Waals surface area contributed by atoms with Gasteiger partial charge < -0.3 is 21.0 Å². The van der Waals surface area contributed by atoms with Crippen LogP contribution in [0.15, 0.2) is 42.4 Å². The molecule has 1 fully saturated rings. The molecule has 50 heavy (non-hydrogen) atoms. The quantitative estimate of drug-likeness (QED) is 0.0642. The lowest BCUT2D eigenvalue weighted by Crippen LogP contribution is -2.49. The van der Waals surface area contributed by atoms with Gasteiger partial charge in [-0.15, -0.1) is 0 Å². The molecular formula is C35H42F4N8O2S. The van der Waals surface area contributed by atoms with Crippen molar-refractivity contribution in [1.82, 2.24) is 20.3 Å². The summed E-state index contributed by atoms with van der Waals surface area (Å²) in [6.45, 7) is 11.1. The number of alkyl halides is 3. The van der Waals surface area contributed by atoms with Gasteiger partial charge in [-0.05, 0) is 57.2 Å². The molecule has 1 aliphatic carbocycles. The van der Waals surface area contributed by atoms with Crippen molar-refractivity contribution >= 4 is 32.1 Å². The minimum atomic E-state index is -4.58. The molecule has 3 aromatic rings. The van der Waals surface area contributed by atoms with Gasteiger partial charge in [0.05, 0.1) is 34.1 Å². The number of pyridine rings is 2. The molecule has 1 atom stereocenters. The van der Waals surface area contributed by atoms with Crippen molar-refractivity contribution in [2.45, 2.75) is 76.9 Å². The minimum Gasteiger partial charge on any atom is -0.388 e. The van der Waals surface area contributed by atoms with E-state index in [9.17, 15) is 31.2 Å². The molecule has 5 N–H and O–H groups in total. The fraction of sp³-hybridized carbons (Fsp3) is 0.457.